The van der Waals surface area contributed by atoms with E-state index in [9.17, 15) is 14.7 Å². The smallest absolute Gasteiger partial charge is 0.268 e. The highest BCUT2D eigenvalue weighted by molar-refractivity contribution is 5.99. The van der Waals surface area contributed by atoms with Crippen LogP contribution in [0.5, 0.6) is 0 Å². The number of nitrogens with two attached hydrogens (primary N) is 2. The summed E-state index contributed by atoms with van der Waals surface area (Å²) in [5.41, 5.74) is 17.0. The number of hydrogen-bond acceptors (Lipinski definition) is 7. The van der Waals surface area contributed by atoms with E-state index in [0.717, 1.165) is 48.3 Å². The van der Waals surface area contributed by atoms with Crippen LogP contribution in [-0.4, -0.2) is 61.3 Å². The molecule has 1 fully saturated rings. The number of nitrogens with zero attached hydrogens (tertiary/aromatic N) is 5. The number of para-hydroxylation sites is 1. The number of carbonyl (C=O) groups is 1. The van der Waals surface area contributed by atoms with Crippen LogP contribution in [-0.2, 0) is 0 Å². The first-order chi connectivity index (χ1) is 20.0. The highest BCUT2D eigenvalue weighted by atomic mass is 16.3. The van der Waals surface area contributed by atoms with E-state index >= 15 is 0 Å². The topological polar surface area (TPSA) is 145 Å². The van der Waals surface area contributed by atoms with Crippen molar-refractivity contribution in [1.29, 1.82) is 0 Å². The molecular formula is C31H31N7O3. The van der Waals surface area contributed by atoms with Gasteiger partial charge in [-0.25, -0.2) is 9.50 Å². The molecular weight excluding hydrogens is 518 g/mol. The van der Waals surface area contributed by atoms with Gasteiger partial charge in [-0.05, 0) is 61.3 Å². The van der Waals surface area contributed by atoms with Crippen LogP contribution in [0.4, 0.5) is 5.82 Å². The number of pyridine rings is 1. The second-order valence-electron chi connectivity index (χ2n) is 10.3. The Morgan fingerprint density at radius 2 is 1.66 bits per heavy atom. The predicted molar refractivity (Wildman–Crippen MR) is 158 cm³/mol. The summed E-state index contributed by atoms with van der Waals surface area (Å²) in [6.45, 7) is 2.67. The SMILES string of the molecule is NC(=O)c1c(-c2ccc(-c3cc(C4CCN(CCO)CC4)n4ncnc(N)c34)cc2)ccn(-c2ccccc2)c1=O. The molecule has 1 amide bonds. The number of primary amides is 1. The summed E-state index contributed by atoms with van der Waals surface area (Å²) in [7, 11) is 0. The summed E-state index contributed by atoms with van der Waals surface area (Å²) in [6, 6.07) is 20.6. The van der Waals surface area contributed by atoms with Crippen molar-refractivity contribution in [2.45, 2.75) is 18.8 Å². The zero-order chi connectivity index (χ0) is 28.5. The number of piperidine rings is 1. The standard InChI is InChI=1S/C31H31N7O3/c32-29-28-25(18-26(38(28)35-19-34-29)22-10-13-36(14-11-22)16-17-39)21-8-6-20(7-9-21)24-12-15-37(23-4-2-1-3-5-23)31(41)27(24)30(33)40/h1-9,12,15,18-19,22,39H,10-11,13-14,16-17H2,(H2,33,40)(H2,32,34,35). The van der Waals surface area contributed by atoms with Crippen LogP contribution < -0.4 is 17.0 Å². The summed E-state index contributed by atoms with van der Waals surface area (Å²) in [4.78, 5) is 32.3. The maximum Gasteiger partial charge on any atom is 0.268 e. The summed E-state index contributed by atoms with van der Waals surface area (Å²) in [5, 5.41) is 13.8. The molecule has 5 N–H and O–H groups in total. The summed E-state index contributed by atoms with van der Waals surface area (Å²) in [6.07, 6.45) is 5.05. The average molecular weight is 550 g/mol. The van der Waals surface area contributed by atoms with E-state index in [2.05, 4.69) is 21.0 Å². The van der Waals surface area contributed by atoms with Crippen molar-refractivity contribution in [3.63, 3.8) is 0 Å². The van der Waals surface area contributed by atoms with Crippen LogP contribution in [0.1, 0.15) is 34.8 Å². The number of rotatable bonds is 7. The van der Waals surface area contributed by atoms with Crippen molar-refractivity contribution in [2.75, 3.05) is 32.0 Å². The number of likely N-dealkylation sites (tertiary alicyclic amines) is 1. The fourth-order valence-electron chi connectivity index (χ4n) is 5.83. The van der Waals surface area contributed by atoms with Gasteiger partial charge in [0.2, 0.25) is 0 Å². The van der Waals surface area contributed by atoms with Crippen molar-refractivity contribution < 1.29 is 9.90 Å². The van der Waals surface area contributed by atoms with Crippen molar-refractivity contribution in [3.8, 4) is 27.9 Å². The van der Waals surface area contributed by atoms with Crippen LogP contribution in [0, 0.1) is 0 Å². The summed E-state index contributed by atoms with van der Waals surface area (Å²) < 4.78 is 3.32. The number of carbonyl (C=O) groups excluding carboxylic acids is 1. The molecule has 0 bridgehead atoms. The van der Waals surface area contributed by atoms with E-state index in [-0.39, 0.29) is 12.2 Å². The molecule has 1 aliphatic heterocycles. The first kappa shape index (κ1) is 26.4. The average Bonchev–Trinajstić information content (AvgIpc) is 3.39. The lowest BCUT2D eigenvalue weighted by molar-refractivity contribution is 0.0999. The quantitative estimate of drug-likeness (QED) is 0.283. The first-order valence-electron chi connectivity index (χ1n) is 13.6. The third kappa shape index (κ3) is 4.88. The number of aliphatic hydroxyl groups is 1. The van der Waals surface area contributed by atoms with Crippen LogP contribution in [0.15, 0.2) is 84.0 Å². The number of anilines is 1. The number of aromatic nitrogens is 4. The number of β-amino-alcohol motifs (C(OH)–C–C–N with tert-alkyl or cyclic N) is 1. The molecule has 1 aliphatic rings. The second kappa shape index (κ2) is 11.0. The van der Waals surface area contributed by atoms with E-state index in [1.165, 1.54) is 10.9 Å². The Hall–Kier alpha value is -4.80. The fourth-order valence-corrected chi connectivity index (χ4v) is 5.83. The number of aliphatic hydroxyl groups excluding tert-OH is 1. The molecule has 208 valence electrons. The molecule has 3 aromatic heterocycles. The number of fused-ring (bicyclic) bond motifs is 1. The molecule has 0 radical (unpaired) electrons. The van der Waals surface area contributed by atoms with Crippen molar-refractivity contribution >= 4 is 17.2 Å². The van der Waals surface area contributed by atoms with Gasteiger partial charge in [-0.1, -0.05) is 42.5 Å². The lowest BCUT2D eigenvalue weighted by atomic mass is 9.92. The molecule has 6 rings (SSSR count). The molecule has 0 atom stereocenters. The highest BCUT2D eigenvalue weighted by Crippen LogP contribution is 2.37. The minimum Gasteiger partial charge on any atom is -0.395 e. The maximum absolute atomic E-state index is 13.3. The van der Waals surface area contributed by atoms with Crippen molar-refractivity contribution in [2.24, 2.45) is 5.73 Å². The summed E-state index contributed by atoms with van der Waals surface area (Å²) in [5.74, 6) is -0.0880. The highest BCUT2D eigenvalue weighted by Gasteiger charge is 2.26. The van der Waals surface area contributed by atoms with Crippen LogP contribution in [0.2, 0.25) is 0 Å². The molecule has 2 aromatic carbocycles. The Morgan fingerprint density at radius 1 is 0.976 bits per heavy atom. The lowest BCUT2D eigenvalue weighted by Crippen LogP contribution is -2.35. The molecule has 0 aliphatic carbocycles. The van der Waals surface area contributed by atoms with Gasteiger partial charge in [0.25, 0.3) is 11.5 Å². The normalized spacial score (nSPS) is 14.5. The van der Waals surface area contributed by atoms with E-state index in [1.54, 1.807) is 24.4 Å². The molecule has 4 heterocycles. The summed E-state index contributed by atoms with van der Waals surface area (Å²) >= 11 is 0. The first-order valence-corrected chi connectivity index (χ1v) is 13.6. The van der Waals surface area contributed by atoms with Gasteiger partial charge < -0.3 is 21.5 Å². The van der Waals surface area contributed by atoms with Crippen molar-refractivity contribution in [1.82, 2.24) is 24.1 Å². The molecule has 0 unspecified atom stereocenters. The van der Waals surface area contributed by atoms with Crippen LogP contribution in [0.25, 0.3) is 33.5 Å². The van der Waals surface area contributed by atoms with Crippen LogP contribution in [0.3, 0.4) is 0 Å². The molecule has 0 saturated carbocycles. The van der Waals surface area contributed by atoms with Gasteiger partial charge >= 0.3 is 0 Å². The van der Waals surface area contributed by atoms with Gasteiger partial charge in [0.05, 0.1) is 6.61 Å². The molecule has 41 heavy (non-hydrogen) atoms. The van der Waals surface area contributed by atoms with Gasteiger partial charge in [0, 0.05) is 41.2 Å². The Balaban J connectivity index is 1.37. The minimum atomic E-state index is -0.780. The molecule has 10 nitrogen and oxygen atoms in total. The molecule has 1 saturated heterocycles. The Labute approximate surface area is 236 Å². The van der Waals surface area contributed by atoms with E-state index in [4.69, 9.17) is 11.5 Å². The van der Waals surface area contributed by atoms with E-state index < -0.39 is 11.5 Å². The minimum absolute atomic E-state index is 0.0640. The number of amides is 1. The predicted octanol–water partition coefficient (Wildman–Crippen LogP) is 3.07. The number of benzene rings is 2. The monoisotopic (exact) mass is 549 g/mol. The van der Waals surface area contributed by atoms with E-state index in [0.29, 0.717) is 35.1 Å². The Morgan fingerprint density at radius 3 is 2.32 bits per heavy atom. The van der Waals surface area contributed by atoms with Crippen LogP contribution >= 0.6 is 0 Å². The zero-order valence-electron chi connectivity index (χ0n) is 22.5. The third-order valence-corrected chi connectivity index (χ3v) is 7.91. The van der Waals surface area contributed by atoms with Gasteiger partial charge in [0.15, 0.2) is 5.82 Å². The second-order valence-corrected chi connectivity index (χ2v) is 10.3. The Bertz CT molecular complexity index is 1770. The largest absolute Gasteiger partial charge is 0.395 e. The number of nitrogen functional groups attached to an aromatic ring is 1. The lowest BCUT2D eigenvalue weighted by Gasteiger charge is -2.31. The van der Waals surface area contributed by atoms with E-state index in [1.807, 2.05) is 47.0 Å². The molecule has 0 spiro atoms. The number of hydrogen-bond donors (Lipinski definition) is 3. The molecule has 10 heteroatoms. The third-order valence-electron chi connectivity index (χ3n) is 7.91. The fraction of sp³-hybridized carbons (Fsp3) is 0.226. The van der Waals surface area contributed by atoms with Gasteiger partial charge in [-0.15, -0.1) is 0 Å². The zero-order valence-corrected chi connectivity index (χ0v) is 22.5. The van der Waals surface area contributed by atoms with Crippen molar-refractivity contribution in [3.05, 3.63) is 101 Å². The van der Waals surface area contributed by atoms with Gasteiger partial charge in [-0.3, -0.25) is 14.2 Å². The Kier molecular flexibility index (Phi) is 7.08. The molecule has 5 aromatic rings. The van der Waals surface area contributed by atoms with Gasteiger partial charge in [0.1, 0.15) is 17.4 Å². The van der Waals surface area contributed by atoms with Gasteiger partial charge in [-0.2, -0.15) is 5.10 Å². The maximum atomic E-state index is 13.3.